The molecule has 0 radical (unpaired) electrons. The Bertz CT molecular complexity index is 4090. The number of aromatic nitrogens is 2. The molecule has 0 unspecified atom stereocenters. The molecule has 0 saturated heterocycles. The van der Waals surface area contributed by atoms with Gasteiger partial charge in [0.2, 0.25) is 0 Å². The fourth-order valence-corrected chi connectivity index (χ4v) is 12.7. The lowest BCUT2D eigenvalue weighted by atomic mass is 9.67. The maximum Gasteiger partial charge on any atom is 0.0715 e. The summed E-state index contributed by atoms with van der Waals surface area (Å²) < 4.78 is 4.77. The number of nitrogens with zero attached hydrogens (tertiary/aromatic N) is 4. The molecule has 0 N–H and O–H groups in total. The van der Waals surface area contributed by atoms with E-state index in [-0.39, 0.29) is 0 Å². The van der Waals surface area contributed by atoms with Gasteiger partial charge in [-0.15, -0.1) is 0 Å². The minimum atomic E-state index is -0.676. The number of benzene rings is 12. The van der Waals surface area contributed by atoms with Crippen LogP contribution in [0.4, 0.5) is 34.1 Å². The van der Waals surface area contributed by atoms with E-state index in [0.29, 0.717) is 0 Å². The van der Waals surface area contributed by atoms with Gasteiger partial charge in [0, 0.05) is 67.0 Å². The van der Waals surface area contributed by atoms with Crippen LogP contribution in [0.3, 0.4) is 0 Å². The second-order valence-corrected chi connectivity index (χ2v) is 20.1. The fourth-order valence-electron chi connectivity index (χ4n) is 12.7. The predicted molar refractivity (Wildman–Crippen MR) is 322 cm³/mol. The van der Waals surface area contributed by atoms with Gasteiger partial charge in [0.05, 0.1) is 27.5 Å². The average molecular weight is 983 g/mol. The van der Waals surface area contributed by atoms with Crippen LogP contribution in [0.15, 0.2) is 303 Å². The first kappa shape index (κ1) is 44.3. The van der Waals surface area contributed by atoms with Gasteiger partial charge in [-0.2, -0.15) is 0 Å². The molecule has 2 aromatic heterocycles. The smallest absolute Gasteiger partial charge is 0.0715 e. The summed E-state index contributed by atoms with van der Waals surface area (Å²) >= 11 is 0. The van der Waals surface area contributed by atoms with E-state index in [1.54, 1.807) is 0 Å². The summed E-state index contributed by atoms with van der Waals surface area (Å²) in [5, 5.41) is 5.01. The van der Waals surface area contributed by atoms with E-state index in [9.17, 15) is 0 Å². The number of hydrogen-bond donors (Lipinski definition) is 0. The van der Waals surface area contributed by atoms with Crippen molar-refractivity contribution in [2.75, 3.05) is 9.80 Å². The first-order valence-electron chi connectivity index (χ1n) is 26.5. The Morgan fingerprint density at radius 1 is 0.234 bits per heavy atom. The Kier molecular flexibility index (Phi) is 10.4. The Labute approximate surface area is 447 Å². The van der Waals surface area contributed by atoms with E-state index in [0.717, 1.165) is 45.5 Å². The van der Waals surface area contributed by atoms with Crippen LogP contribution >= 0.6 is 0 Å². The molecule has 4 heteroatoms. The van der Waals surface area contributed by atoms with Crippen molar-refractivity contribution in [1.82, 2.24) is 9.13 Å². The lowest BCUT2D eigenvalue weighted by molar-refractivity contribution is 0.768. The molecule has 77 heavy (non-hydrogen) atoms. The zero-order chi connectivity index (χ0) is 50.9. The highest BCUT2D eigenvalue weighted by Crippen LogP contribution is 2.58. The van der Waals surface area contributed by atoms with Gasteiger partial charge >= 0.3 is 0 Å². The molecule has 1 aliphatic carbocycles. The second kappa shape index (κ2) is 18.0. The summed E-state index contributed by atoms with van der Waals surface area (Å²) in [5.41, 5.74) is 20.2. The number of anilines is 6. The van der Waals surface area contributed by atoms with Crippen LogP contribution in [0.25, 0.3) is 66.1 Å². The molecule has 0 aliphatic heterocycles. The van der Waals surface area contributed by atoms with E-state index in [1.165, 1.54) is 77.0 Å². The molecule has 14 aromatic rings. The Morgan fingerprint density at radius 3 is 0.844 bits per heavy atom. The van der Waals surface area contributed by atoms with E-state index in [1.807, 2.05) is 0 Å². The van der Waals surface area contributed by atoms with Crippen LogP contribution in [-0.2, 0) is 5.41 Å². The van der Waals surface area contributed by atoms with E-state index in [2.05, 4.69) is 322 Å². The van der Waals surface area contributed by atoms with Crippen molar-refractivity contribution < 1.29 is 0 Å². The van der Waals surface area contributed by atoms with Gasteiger partial charge in [0.1, 0.15) is 0 Å². The minimum Gasteiger partial charge on any atom is -0.310 e. The predicted octanol–water partition coefficient (Wildman–Crippen LogP) is 19.2. The third-order valence-electron chi connectivity index (χ3n) is 16.0. The van der Waals surface area contributed by atoms with Gasteiger partial charge in [-0.3, -0.25) is 0 Å². The summed E-state index contributed by atoms with van der Waals surface area (Å²) in [6.45, 7) is 0. The third-order valence-corrected chi connectivity index (χ3v) is 16.0. The molecule has 362 valence electrons. The van der Waals surface area contributed by atoms with Gasteiger partial charge in [-0.1, -0.05) is 182 Å². The Hall–Kier alpha value is -10.2. The molecule has 4 nitrogen and oxygen atoms in total. The van der Waals surface area contributed by atoms with Gasteiger partial charge in [0.15, 0.2) is 0 Å². The molecule has 0 atom stereocenters. The van der Waals surface area contributed by atoms with Crippen LogP contribution in [0, 0.1) is 0 Å². The number of rotatable bonds is 10. The molecule has 15 rings (SSSR count). The molecule has 0 fully saturated rings. The van der Waals surface area contributed by atoms with Crippen molar-refractivity contribution in [1.29, 1.82) is 0 Å². The van der Waals surface area contributed by atoms with Crippen LogP contribution in [-0.4, -0.2) is 9.13 Å². The monoisotopic (exact) mass is 982 g/mol. The van der Waals surface area contributed by atoms with Crippen molar-refractivity contribution in [3.8, 4) is 22.5 Å². The van der Waals surface area contributed by atoms with Crippen molar-refractivity contribution >= 4 is 77.7 Å². The van der Waals surface area contributed by atoms with Crippen molar-refractivity contribution in [2.24, 2.45) is 0 Å². The first-order chi connectivity index (χ1) is 38.2. The fraction of sp³-hybridized carbons (Fsp3) is 0.0137. The van der Waals surface area contributed by atoms with Crippen LogP contribution in [0.5, 0.6) is 0 Å². The normalized spacial score (nSPS) is 12.5. The van der Waals surface area contributed by atoms with Crippen LogP contribution < -0.4 is 9.80 Å². The third kappa shape index (κ3) is 7.00. The summed E-state index contributed by atoms with van der Waals surface area (Å²) in [6, 6.07) is 111. The molecule has 0 spiro atoms. The van der Waals surface area contributed by atoms with Gasteiger partial charge in [0.25, 0.3) is 0 Å². The van der Waals surface area contributed by atoms with Crippen molar-refractivity contribution in [3.63, 3.8) is 0 Å². The second-order valence-electron chi connectivity index (χ2n) is 20.1. The van der Waals surface area contributed by atoms with Crippen molar-refractivity contribution in [2.45, 2.75) is 5.41 Å². The van der Waals surface area contributed by atoms with Gasteiger partial charge in [-0.05, 0) is 155 Å². The number of hydrogen-bond acceptors (Lipinski definition) is 2. The summed E-state index contributed by atoms with van der Waals surface area (Å²) in [5.74, 6) is 0. The Balaban J connectivity index is 0.897. The van der Waals surface area contributed by atoms with E-state index < -0.39 is 5.41 Å². The van der Waals surface area contributed by atoms with E-state index in [4.69, 9.17) is 0 Å². The first-order valence-corrected chi connectivity index (χ1v) is 26.5. The highest BCUT2D eigenvalue weighted by molar-refractivity contribution is 6.10. The highest BCUT2D eigenvalue weighted by atomic mass is 15.2. The lowest BCUT2D eigenvalue weighted by Crippen LogP contribution is -2.29. The number of para-hydroxylation sites is 6. The maximum absolute atomic E-state index is 2.46. The van der Waals surface area contributed by atoms with Crippen LogP contribution in [0.1, 0.15) is 22.3 Å². The summed E-state index contributed by atoms with van der Waals surface area (Å²) in [4.78, 5) is 4.82. The quantitative estimate of drug-likeness (QED) is 0.136. The number of fused-ring (bicyclic) bond motifs is 9. The SMILES string of the molecule is c1ccc(N(c2ccc(-n3c4ccccc4c4ccccc43)cc2)c2ccc3c(c2)C(c2ccccc2)(c2ccccc2)c2cc(N(c4ccccc4)c4ccc(-n5c6ccccc6c6ccccc65)cc4)ccc2-3)cc1. The zero-order valence-corrected chi connectivity index (χ0v) is 42.2. The molecule has 12 aromatic carbocycles. The van der Waals surface area contributed by atoms with Crippen molar-refractivity contribution in [3.05, 3.63) is 326 Å². The molecule has 0 bridgehead atoms. The zero-order valence-electron chi connectivity index (χ0n) is 42.2. The minimum absolute atomic E-state index is 0.676. The topological polar surface area (TPSA) is 16.3 Å². The standard InChI is InChI=1S/C73H50N4/c1-5-21-51(22-6-1)73(52-23-7-2-8-24-52)67-49-59(74(53-25-9-3-10-26-53)55-37-41-57(42-38-55)76-69-33-17-13-29-63(69)64-30-14-18-34-70(64)76)45-47-61(67)62-48-46-60(50-68(62)73)75(54-27-11-4-12-28-54)56-39-43-58(44-40-56)77-71-35-19-15-31-65(71)66-32-16-20-36-72(66)77/h1-50H. The average Bonchev–Trinajstić information content (AvgIpc) is 4.35. The largest absolute Gasteiger partial charge is 0.310 e. The van der Waals surface area contributed by atoms with Gasteiger partial charge in [-0.25, -0.2) is 0 Å². The molecular weight excluding hydrogens is 933 g/mol. The summed E-state index contributed by atoms with van der Waals surface area (Å²) in [7, 11) is 0. The molecular formula is C73H50N4. The maximum atomic E-state index is 2.46. The lowest BCUT2D eigenvalue weighted by Gasteiger charge is -2.35. The van der Waals surface area contributed by atoms with Crippen LogP contribution in [0.2, 0.25) is 0 Å². The molecule has 0 amide bonds. The molecule has 1 aliphatic rings. The highest BCUT2D eigenvalue weighted by Gasteiger charge is 2.47. The van der Waals surface area contributed by atoms with E-state index >= 15 is 0 Å². The Morgan fingerprint density at radius 2 is 0.506 bits per heavy atom. The van der Waals surface area contributed by atoms with Gasteiger partial charge < -0.3 is 18.9 Å². The molecule has 2 heterocycles. The summed E-state index contributed by atoms with van der Waals surface area (Å²) in [6.07, 6.45) is 0. The molecule has 0 saturated carbocycles.